The fraction of sp³-hybridized carbons (Fsp3) is 0.0588. The summed E-state index contributed by atoms with van der Waals surface area (Å²) in [5, 5.41) is 10.2. The van der Waals surface area contributed by atoms with Crippen LogP contribution in [0.1, 0.15) is 0 Å². The molecule has 2 aromatic carbocycles. The molecule has 0 spiro atoms. The zero-order valence-corrected chi connectivity index (χ0v) is 11.7. The summed E-state index contributed by atoms with van der Waals surface area (Å²) < 4.78 is 16.0. The van der Waals surface area contributed by atoms with Gasteiger partial charge in [-0.3, -0.25) is 9.59 Å². The molecule has 6 nitrogen and oxygen atoms in total. The highest BCUT2D eigenvalue weighted by atomic mass is 16.7. The van der Waals surface area contributed by atoms with Crippen LogP contribution in [0.2, 0.25) is 0 Å². The first-order chi connectivity index (χ1) is 11.1. The summed E-state index contributed by atoms with van der Waals surface area (Å²) in [6.45, 7) is 0.104. The Bertz CT molecular complexity index is 1050. The number of rotatable bonds is 1. The van der Waals surface area contributed by atoms with Gasteiger partial charge in [0.2, 0.25) is 23.4 Å². The lowest BCUT2D eigenvalue weighted by Gasteiger charge is -2.05. The second-order valence-corrected chi connectivity index (χ2v) is 5.00. The predicted molar refractivity (Wildman–Crippen MR) is 82.0 cm³/mol. The third kappa shape index (κ3) is 2.03. The number of benzene rings is 1. The molecule has 1 aromatic heterocycles. The third-order valence-corrected chi connectivity index (χ3v) is 3.60. The smallest absolute Gasteiger partial charge is 0.235 e. The summed E-state index contributed by atoms with van der Waals surface area (Å²) in [7, 11) is 0. The lowest BCUT2D eigenvalue weighted by atomic mass is 10.1. The second-order valence-electron chi connectivity index (χ2n) is 5.00. The van der Waals surface area contributed by atoms with Crippen molar-refractivity contribution in [1.29, 1.82) is 0 Å². The molecule has 0 saturated carbocycles. The van der Waals surface area contributed by atoms with Crippen molar-refractivity contribution in [2.45, 2.75) is 0 Å². The van der Waals surface area contributed by atoms with Crippen molar-refractivity contribution in [1.82, 2.24) is 0 Å². The van der Waals surface area contributed by atoms with Crippen LogP contribution in [0.4, 0.5) is 0 Å². The molecule has 2 heterocycles. The highest BCUT2D eigenvalue weighted by Gasteiger charge is 2.20. The molecule has 4 rings (SSSR count). The van der Waals surface area contributed by atoms with Gasteiger partial charge >= 0.3 is 0 Å². The van der Waals surface area contributed by atoms with Gasteiger partial charge < -0.3 is 19.0 Å². The van der Waals surface area contributed by atoms with Gasteiger partial charge in [0.25, 0.3) is 0 Å². The largest absolute Gasteiger partial charge is 0.502 e. The number of fused-ring (bicyclic) bond motifs is 2. The van der Waals surface area contributed by atoms with Crippen LogP contribution in [-0.2, 0) is 0 Å². The molecule has 23 heavy (non-hydrogen) atoms. The van der Waals surface area contributed by atoms with Crippen LogP contribution in [0.5, 0.6) is 17.2 Å². The highest BCUT2D eigenvalue weighted by Crippen LogP contribution is 2.38. The van der Waals surface area contributed by atoms with Gasteiger partial charge in [0.15, 0.2) is 22.8 Å². The first-order valence-electron chi connectivity index (χ1n) is 6.84. The molecule has 3 aromatic rings. The zero-order chi connectivity index (χ0) is 16.0. The maximum Gasteiger partial charge on any atom is 0.235 e. The molecule has 0 aliphatic carbocycles. The number of hydrogen-bond acceptors (Lipinski definition) is 6. The van der Waals surface area contributed by atoms with Crippen LogP contribution in [0.15, 0.2) is 56.5 Å². The predicted octanol–water partition coefficient (Wildman–Crippen LogP) is 2.25. The zero-order valence-electron chi connectivity index (χ0n) is 11.7. The molecule has 0 unspecified atom stereocenters. The van der Waals surface area contributed by atoms with Crippen molar-refractivity contribution in [2.75, 3.05) is 6.79 Å². The Balaban J connectivity index is 2.05. The monoisotopic (exact) mass is 310 g/mol. The van der Waals surface area contributed by atoms with Crippen LogP contribution >= 0.6 is 0 Å². The average Bonchev–Trinajstić information content (AvgIpc) is 2.94. The van der Waals surface area contributed by atoms with Crippen LogP contribution in [0, 0.1) is 0 Å². The molecule has 0 atom stereocenters. The molecule has 0 fully saturated rings. The summed E-state index contributed by atoms with van der Waals surface area (Å²) in [5.74, 6) is 0.406. The van der Waals surface area contributed by atoms with E-state index in [1.165, 1.54) is 18.2 Å². The van der Waals surface area contributed by atoms with E-state index in [2.05, 4.69) is 0 Å². The first-order valence-corrected chi connectivity index (χ1v) is 6.84. The molecule has 0 saturated heterocycles. The maximum absolute atomic E-state index is 12.3. The number of ether oxygens (including phenoxy) is 2. The first kappa shape index (κ1) is 13.4. The summed E-state index contributed by atoms with van der Waals surface area (Å²) in [5.41, 5.74) is -0.793. The summed E-state index contributed by atoms with van der Waals surface area (Å²) >= 11 is 0. The van der Waals surface area contributed by atoms with Crippen LogP contribution in [0.25, 0.3) is 22.3 Å². The minimum atomic E-state index is -0.660. The van der Waals surface area contributed by atoms with E-state index in [0.717, 1.165) is 0 Å². The van der Waals surface area contributed by atoms with E-state index in [-0.39, 0.29) is 23.5 Å². The van der Waals surface area contributed by atoms with Gasteiger partial charge in [-0.15, -0.1) is 0 Å². The summed E-state index contributed by atoms with van der Waals surface area (Å²) in [6, 6.07) is 10.6. The SMILES string of the molecule is O=c1c(O)c(-c2ccc3c(c2)OCO3)oc2c(=O)ccccc12. The molecule has 0 bridgehead atoms. The molecule has 1 aliphatic heterocycles. The van der Waals surface area contributed by atoms with E-state index in [0.29, 0.717) is 17.1 Å². The Morgan fingerprint density at radius 3 is 2.61 bits per heavy atom. The Morgan fingerprint density at radius 2 is 1.74 bits per heavy atom. The van der Waals surface area contributed by atoms with Crippen LogP contribution in [0.3, 0.4) is 0 Å². The maximum atomic E-state index is 12.3. The number of hydrogen-bond donors (Lipinski definition) is 1. The van der Waals surface area contributed by atoms with Crippen molar-refractivity contribution in [3.8, 4) is 28.6 Å². The van der Waals surface area contributed by atoms with Crippen molar-refractivity contribution in [2.24, 2.45) is 0 Å². The van der Waals surface area contributed by atoms with Crippen molar-refractivity contribution in [3.05, 3.63) is 62.9 Å². The Hall–Kier alpha value is -3.28. The fourth-order valence-corrected chi connectivity index (χ4v) is 2.48. The van der Waals surface area contributed by atoms with E-state index in [9.17, 15) is 14.7 Å². The minimum Gasteiger partial charge on any atom is -0.502 e. The molecule has 0 amide bonds. The molecular weight excluding hydrogens is 300 g/mol. The van der Waals surface area contributed by atoms with Crippen LogP contribution in [-0.4, -0.2) is 11.9 Å². The molecule has 114 valence electrons. The minimum absolute atomic E-state index is 0.0296. The van der Waals surface area contributed by atoms with Crippen molar-refractivity contribution >= 4 is 11.0 Å². The van der Waals surface area contributed by atoms with Gasteiger partial charge in [-0.25, -0.2) is 0 Å². The average molecular weight is 310 g/mol. The Morgan fingerprint density at radius 1 is 0.957 bits per heavy atom. The molecule has 1 N–H and O–H groups in total. The Labute approximate surface area is 129 Å². The Kier molecular flexibility index (Phi) is 2.84. The molecule has 1 aliphatic rings. The molecule has 0 radical (unpaired) electrons. The van der Waals surface area contributed by atoms with E-state index in [1.807, 2.05) is 0 Å². The topological polar surface area (TPSA) is 86.0 Å². The van der Waals surface area contributed by atoms with Crippen molar-refractivity contribution in [3.63, 3.8) is 0 Å². The van der Waals surface area contributed by atoms with Gasteiger partial charge in [-0.2, -0.15) is 0 Å². The lowest BCUT2D eigenvalue weighted by molar-refractivity contribution is 0.174. The standard InChI is InChI=1S/C17H10O6/c18-11-4-2-1-3-10-14(19)15(20)16(23-17(10)11)9-5-6-12-13(7-9)22-8-21-12/h1-7,20H,8H2. The van der Waals surface area contributed by atoms with Gasteiger partial charge in [0.05, 0.1) is 5.39 Å². The van der Waals surface area contributed by atoms with E-state index < -0.39 is 16.6 Å². The number of aromatic hydroxyl groups is 1. The van der Waals surface area contributed by atoms with Crippen molar-refractivity contribution < 1.29 is 19.0 Å². The van der Waals surface area contributed by atoms with Crippen LogP contribution < -0.4 is 20.3 Å². The van der Waals surface area contributed by atoms with E-state index in [1.54, 1.807) is 24.3 Å². The summed E-state index contributed by atoms with van der Waals surface area (Å²) in [4.78, 5) is 24.4. The lowest BCUT2D eigenvalue weighted by Crippen LogP contribution is -2.06. The molecule has 6 heteroatoms. The normalized spacial score (nSPS) is 12.5. The van der Waals surface area contributed by atoms with Gasteiger partial charge in [-0.05, 0) is 30.3 Å². The van der Waals surface area contributed by atoms with E-state index in [4.69, 9.17) is 13.9 Å². The van der Waals surface area contributed by atoms with Gasteiger partial charge in [0.1, 0.15) is 0 Å². The summed E-state index contributed by atoms with van der Waals surface area (Å²) in [6.07, 6.45) is 0. The fourth-order valence-electron chi connectivity index (χ4n) is 2.48. The quantitative estimate of drug-likeness (QED) is 0.742. The molecular formula is C17H10O6. The second kappa shape index (κ2) is 4.88. The van der Waals surface area contributed by atoms with E-state index >= 15 is 0 Å². The highest BCUT2D eigenvalue weighted by molar-refractivity contribution is 5.81. The van der Waals surface area contributed by atoms with Gasteiger partial charge in [0, 0.05) is 5.56 Å². The third-order valence-electron chi connectivity index (χ3n) is 3.60. The van der Waals surface area contributed by atoms with Gasteiger partial charge in [-0.1, -0.05) is 12.1 Å².